The second kappa shape index (κ2) is 8.07. The van der Waals surface area contributed by atoms with Crippen LogP contribution in [0.5, 0.6) is 11.5 Å². The van der Waals surface area contributed by atoms with Crippen LogP contribution in [0.2, 0.25) is 5.02 Å². The molecule has 0 spiro atoms. The molecule has 0 aliphatic rings. The summed E-state index contributed by atoms with van der Waals surface area (Å²) in [7, 11) is 1.62. The fourth-order valence-corrected chi connectivity index (χ4v) is 3.18. The monoisotopic (exact) mass is 339 g/mol. The first-order chi connectivity index (χ1) is 10.6. The van der Waals surface area contributed by atoms with Gasteiger partial charge in [0.25, 0.3) is 0 Å². The van der Waals surface area contributed by atoms with Crippen LogP contribution in [-0.2, 0) is 6.54 Å². The Morgan fingerprint density at radius 1 is 1.22 bits per heavy atom. The van der Waals surface area contributed by atoms with Crippen molar-refractivity contribution < 1.29 is 9.47 Å². The third-order valence-corrected chi connectivity index (χ3v) is 3.66. The quantitative estimate of drug-likeness (QED) is 0.659. The van der Waals surface area contributed by atoms with Gasteiger partial charge in [-0.15, -0.1) is 0 Å². The molecule has 0 amide bonds. The van der Waals surface area contributed by atoms with Gasteiger partial charge in [-0.05, 0) is 43.4 Å². The van der Waals surface area contributed by atoms with Crippen molar-refractivity contribution in [2.75, 3.05) is 13.7 Å². The summed E-state index contributed by atoms with van der Waals surface area (Å²) in [5, 5.41) is 4.15. The highest BCUT2D eigenvalue weighted by Gasteiger charge is 2.25. The minimum Gasteiger partial charge on any atom is -0.493 e. The van der Waals surface area contributed by atoms with Gasteiger partial charge in [0, 0.05) is 12.1 Å². The summed E-state index contributed by atoms with van der Waals surface area (Å²) in [6.07, 6.45) is 2.76. The Bertz CT molecular complexity index is 533. The molecule has 23 heavy (non-hydrogen) atoms. The largest absolute Gasteiger partial charge is 0.493 e. The molecule has 0 aliphatic carbocycles. The molecule has 0 saturated carbocycles. The first-order valence-corrected chi connectivity index (χ1v) is 8.31. The number of hydrogen-bond donors (Lipinski definition) is 1. The maximum absolute atomic E-state index is 6.34. The molecular formula is C19H30ClNO2. The van der Waals surface area contributed by atoms with Gasteiger partial charge < -0.3 is 14.8 Å². The summed E-state index contributed by atoms with van der Waals surface area (Å²) in [5.41, 5.74) is 1.38. The van der Waals surface area contributed by atoms with Gasteiger partial charge in [-0.3, -0.25) is 0 Å². The predicted molar refractivity (Wildman–Crippen MR) is 98.7 cm³/mol. The highest BCUT2D eigenvalue weighted by molar-refractivity contribution is 6.32. The number of nitrogens with one attached hydrogen (secondary N) is 1. The Morgan fingerprint density at radius 2 is 1.87 bits per heavy atom. The molecule has 3 nitrogen and oxygen atoms in total. The van der Waals surface area contributed by atoms with Crippen molar-refractivity contribution >= 4 is 11.6 Å². The number of hydrogen-bond acceptors (Lipinski definition) is 3. The van der Waals surface area contributed by atoms with E-state index in [1.54, 1.807) is 13.2 Å². The van der Waals surface area contributed by atoms with Gasteiger partial charge in [0.2, 0.25) is 0 Å². The van der Waals surface area contributed by atoms with Gasteiger partial charge in [-0.25, -0.2) is 0 Å². The van der Waals surface area contributed by atoms with E-state index >= 15 is 0 Å². The second-order valence-electron chi connectivity index (χ2n) is 7.68. The second-order valence-corrected chi connectivity index (χ2v) is 8.09. The van der Waals surface area contributed by atoms with Gasteiger partial charge in [0.1, 0.15) is 6.61 Å². The normalized spacial score (nSPS) is 12.1. The van der Waals surface area contributed by atoms with Crippen LogP contribution >= 0.6 is 11.6 Å². The van der Waals surface area contributed by atoms with E-state index in [1.165, 1.54) is 0 Å². The Morgan fingerprint density at radius 3 is 2.39 bits per heavy atom. The minimum atomic E-state index is 0.0377. The van der Waals surface area contributed by atoms with Crippen LogP contribution < -0.4 is 14.8 Å². The van der Waals surface area contributed by atoms with Crippen LogP contribution in [0.1, 0.15) is 46.6 Å². The van der Waals surface area contributed by atoms with E-state index in [4.69, 9.17) is 21.1 Å². The average Bonchev–Trinajstić information content (AvgIpc) is 2.41. The van der Waals surface area contributed by atoms with Gasteiger partial charge in [-0.1, -0.05) is 45.0 Å². The smallest absolute Gasteiger partial charge is 0.180 e. The SMILES string of the molecule is C=CCOc1c(Cl)cc(CNC(C)(C)CC(C)(C)C)cc1OC. The number of halogens is 1. The molecule has 0 heterocycles. The molecule has 0 aromatic heterocycles. The zero-order valence-electron chi connectivity index (χ0n) is 15.3. The van der Waals surface area contributed by atoms with Crippen molar-refractivity contribution in [1.29, 1.82) is 0 Å². The molecule has 0 unspecified atom stereocenters. The highest BCUT2D eigenvalue weighted by atomic mass is 35.5. The maximum Gasteiger partial charge on any atom is 0.180 e. The molecule has 1 aromatic carbocycles. The third-order valence-electron chi connectivity index (χ3n) is 3.38. The lowest BCUT2D eigenvalue weighted by Crippen LogP contribution is -2.41. The minimum absolute atomic E-state index is 0.0377. The van der Waals surface area contributed by atoms with E-state index in [-0.39, 0.29) is 11.0 Å². The molecule has 1 rings (SSSR count). The van der Waals surface area contributed by atoms with Crippen molar-refractivity contribution in [3.63, 3.8) is 0 Å². The lowest BCUT2D eigenvalue weighted by atomic mass is 9.82. The number of rotatable bonds is 8. The van der Waals surface area contributed by atoms with Gasteiger partial charge in [-0.2, -0.15) is 0 Å². The van der Waals surface area contributed by atoms with Crippen LogP contribution in [0.3, 0.4) is 0 Å². The van der Waals surface area contributed by atoms with Crippen molar-refractivity contribution in [2.24, 2.45) is 5.41 Å². The molecule has 130 valence electrons. The Kier molecular flexibility index (Phi) is 6.97. The number of methoxy groups -OCH3 is 1. The van der Waals surface area contributed by atoms with E-state index in [9.17, 15) is 0 Å². The van der Waals surface area contributed by atoms with Crippen molar-refractivity contribution in [3.05, 3.63) is 35.4 Å². The molecule has 0 radical (unpaired) electrons. The predicted octanol–water partition coefficient (Wildman–Crippen LogP) is 5.22. The molecule has 0 fully saturated rings. The molecule has 0 bridgehead atoms. The molecule has 0 saturated heterocycles. The van der Waals surface area contributed by atoms with Crippen molar-refractivity contribution in [3.8, 4) is 11.5 Å². The molecule has 1 aromatic rings. The Balaban J connectivity index is 2.85. The summed E-state index contributed by atoms with van der Waals surface area (Å²) < 4.78 is 11.0. The van der Waals surface area contributed by atoms with Crippen molar-refractivity contribution in [2.45, 2.75) is 53.1 Å². The lowest BCUT2D eigenvalue weighted by Gasteiger charge is -2.33. The number of benzene rings is 1. The summed E-state index contributed by atoms with van der Waals surface area (Å²) >= 11 is 6.34. The summed E-state index contributed by atoms with van der Waals surface area (Å²) in [6.45, 7) is 16.0. The lowest BCUT2D eigenvalue weighted by molar-refractivity contribution is 0.240. The van der Waals surface area contributed by atoms with Crippen molar-refractivity contribution in [1.82, 2.24) is 5.32 Å². The molecule has 0 atom stereocenters. The molecule has 1 N–H and O–H groups in total. The van der Waals surface area contributed by atoms with E-state index in [1.807, 2.05) is 12.1 Å². The van der Waals surface area contributed by atoms with E-state index in [0.717, 1.165) is 18.5 Å². The van der Waals surface area contributed by atoms with E-state index < -0.39 is 0 Å². The first-order valence-electron chi connectivity index (χ1n) is 7.93. The summed E-state index contributed by atoms with van der Waals surface area (Å²) in [5.74, 6) is 1.21. The Hall–Kier alpha value is -1.19. The highest BCUT2D eigenvalue weighted by Crippen LogP contribution is 2.36. The van der Waals surface area contributed by atoms with Gasteiger partial charge >= 0.3 is 0 Å². The standard InChI is InChI=1S/C19H30ClNO2/c1-8-9-23-17-15(20)10-14(11-16(17)22-7)12-21-19(5,6)13-18(2,3)4/h8,10-11,21H,1,9,12-13H2,2-7H3. The fraction of sp³-hybridized carbons (Fsp3) is 0.579. The first kappa shape index (κ1) is 19.9. The van der Waals surface area contributed by atoms with Crippen LogP contribution in [-0.4, -0.2) is 19.3 Å². The summed E-state index contributed by atoms with van der Waals surface area (Å²) in [6, 6.07) is 3.88. The van der Waals surface area contributed by atoms with Crippen LogP contribution in [0.15, 0.2) is 24.8 Å². The average molecular weight is 340 g/mol. The maximum atomic E-state index is 6.34. The molecule has 4 heteroatoms. The summed E-state index contributed by atoms with van der Waals surface area (Å²) in [4.78, 5) is 0. The van der Waals surface area contributed by atoms with Gasteiger partial charge in [0.15, 0.2) is 11.5 Å². The van der Waals surface area contributed by atoms with Gasteiger partial charge in [0.05, 0.1) is 12.1 Å². The molecular weight excluding hydrogens is 310 g/mol. The van der Waals surface area contributed by atoms with Crippen LogP contribution in [0.25, 0.3) is 0 Å². The third kappa shape index (κ3) is 6.84. The van der Waals surface area contributed by atoms with E-state index in [2.05, 4.69) is 46.5 Å². The Labute approximate surface area is 146 Å². The molecule has 0 aliphatic heterocycles. The zero-order valence-corrected chi connectivity index (χ0v) is 16.0. The zero-order chi connectivity index (χ0) is 17.7. The van der Waals surface area contributed by atoms with Crippen LogP contribution in [0, 0.1) is 5.41 Å². The van der Waals surface area contributed by atoms with E-state index in [0.29, 0.717) is 23.1 Å². The fourth-order valence-electron chi connectivity index (χ4n) is 2.89. The number of ether oxygens (including phenoxy) is 2. The topological polar surface area (TPSA) is 30.5 Å². The van der Waals surface area contributed by atoms with Crippen LogP contribution in [0.4, 0.5) is 0 Å².